The van der Waals surface area contributed by atoms with Crippen LogP contribution in [0.1, 0.15) is 34.1 Å². The van der Waals surface area contributed by atoms with Crippen molar-refractivity contribution in [3.05, 3.63) is 63.9 Å². The van der Waals surface area contributed by atoms with E-state index in [1.807, 2.05) is 30.3 Å². The van der Waals surface area contributed by atoms with E-state index in [0.29, 0.717) is 5.02 Å². The van der Waals surface area contributed by atoms with Gasteiger partial charge in [0.25, 0.3) is 0 Å². The minimum atomic E-state index is 0.0691. The van der Waals surface area contributed by atoms with Crippen LogP contribution >= 0.6 is 11.6 Å². The Bertz CT molecular complexity index is 672. The second kappa shape index (κ2) is 6.31. The number of hydrogen-bond acceptors (Lipinski definition) is 3. The number of nitrogens with zero attached hydrogens (tertiary/aromatic N) is 2. The van der Waals surface area contributed by atoms with Crippen LogP contribution in [-0.2, 0) is 12.8 Å². The maximum atomic E-state index is 11.2. The fourth-order valence-corrected chi connectivity index (χ4v) is 2.12. The van der Waals surface area contributed by atoms with E-state index in [9.17, 15) is 4.79 Å². The SMILES string of the molecule is CC(=O)c1ccc(CCc2cnc(C#N)c(Cl)c2)cc1. The molecule has 1 aromatic heterocycles. The van der Waals surface area contributed by atoms with E-state index in [1.165, 1.54) is 0 Å². The number of benzene rings is 1. The summed E-state index contributed by atoms with van der Waals surface area (Å²) in [5, 5.41) is 9.15. The van der Waals surface area contributed by atoms with E-state index in [4.69, 9.17) is 16.9 Å². The van der Waals surface area contributed by atoms with Crippen molar-refractivity contribution in [3.63, 3.8) is 0 Å². The van der Waals surface area contributed by atoms with Crippen LogP contribution in [0.25, 0.3) is 0 Å². The highest BCUT2D eigenvalue weighted by Crippen LogP contribution is 2.16. The molecular formula is C16H13ClN2O. The first-order chi connectivity index (χ1) is 9.60. The molecule has 2 rings (SSSR count). The van der Waals surface area contributed by atoms with E-state index in [2.05, 4.69) is 4.98 Å². The van der Waals surface area contributed by atoms with Crippen molar-refractivity contribution in [2.45, 2.75) is 19.8 Å². The summed E-state index contributed by atoms with van der Waals surface area (Å²) >= 11 is 5.94. The third-order valence-electron chi connectivity index (χ3n) is 3.07. The molecule has 0 unspecified atom stereocenters. The lowest BCUT2D eigenvalue weighted by Crippen LogP contribution is -1.96. The summed E-state index contributed by atoms with van der Waals surface area (Å²) in [7, 11) is 0. The summed E-state index contributed by atoms with van der Waals surface area (Å²) in [4.78, 5) is 15.2. The van der Waals surface area contributed by atoms with Crippen molar-refractivity contribution >= 4 is 17.4 Å². The van der Waals surface area contributed by atoms with Crippen molar-refractivity contribution in [1.82, 2.24) is 4.98 Å². The number of aromatic nitrogens is 1. The summed E-state index contributed by atoms with van der Waals surface area (Å²) in [6, 6.07) is 11.3. The van der Waals surface area contributed by atoms with E-state index >= 15 is 0 Å². The first-order valence-electron chi connectivity index (χ1n) is 6.24. The predicted molar refractivity (Wildman–Crippen MR) is 77.8 cm³/mol. The standard InChI is InChI=1S/C16H13ClN2O/c1-11(20)14-6-4-12(5-7-14)2-3-13-8-15(17)16(9-18)19-10-13/h4-8,10H,2-3H2,1H3. The molecule has 0 aliphatic rings. The van der Waals surface area contributed by atoms with Crippen LogP contribution in [0.4, 0.5) is 0 Å². The lowest BCUT2D eigenvalue weighted by molar-refractivity contribution is 0.101. The van der Waals surface area contributed by atoms with Gasteiger partial charge in [-0.15, -0.1) is 0 Å². The zero-order valence-corrected chi connectivity index (χ0v) is 11.8. The lowest BCUT2D eigenvalue weighted by atomic mass is 10.0. The Hall–Kier alpha value is -2.18. The van der Waals surface area contributed by atoms with Crippen molar-refractivity contribution in [3.8, 4) is 6.07 Å². The first-order valence-corrected chi connectivity index (χ1v) is 6.62. The second-order valence-electron chi connectivity index (χ2n) is 4.54. The van der Waals surface area contributed by atoms with Gasteiger partial charge in [0.15, 0.2) is 11.5 Å². The van der Waals surface area contributed by atoms with Crippen LogP contribution in [0.3, 0.4) is 0 Å². The van der Waals surface area contributed by atoms with Crippen LogP contribution < -0.4 is 0 Å². The normalized spacial score (nSPS) is 10.1. The zero-order chi connectivity index (χ0) is 14.5. The number of pyridine rings is 1. The van der Waals surface area contributed by atoms with Gasteiger partial charge in [-0.3, -0.25) is 4.79 Å². The highest BCUT2D eigenvalue weighted by Gasteiger charge is 2.04. The number of rotatable bonds is 4. The molecule has 0 amide bonds. The Balaban J connectivity index is 2.03. The molecule has 0 N–H and O–H groups in total. The summed E-state index contributed by atoms with van der Waals surface area (Å²) < 4.78 is 0. The van der Waals surface area contributed by atoms with Gasteiger partial charge in [-0.25, -0.2) is 4.98 Å². The zero-order valence-electron chi connectivity index (χ0n) is 11.1. The van der Waals surface area contributed by atoms with Crippen molar-refractivity contribution < 1.29 is 4.79 Å². The Morgan fingerprint density at radius 3 is 2.45 bits per heavy atom. The minimum absolute atomic E-state index is 0.0691. The number of hydrogen-bond donors (Lipinski definition) is 0. The molecule has 0 bridgehead atoms. The average molecular weight is 285 g/mol. The molecule has 4 heteroatoms. The van der Waals surface area contributed by atoms with Crippen LogP contribution in [0.2, 0.25) is 5.02 Å². The predicted octanol–water partition coefficient (Wildman–Crippen LogP) is 3.59. The van der Waals surface area contributed by atoms with Crippen LogP contribution in [0.15, 0.2) is 36.5 Å². The molecule has 0 aliphatic heterocycles. The van der Waals surface area contributed by atoms with E-state index in [0.717, 1.165) is 29.5 Å². The largest absolute Gasteiger partial charge is 0.295 e. The van der Waals surface area contributed by atoms with Gasteiger partial charge in [0.2, 0.25) is 0 Å². The summed E-state index contributed by atoms with van der Waals surface area (Å²) in [5.74, 6) is 0.0691. The van der Waals surface area contributed by atoms with Crippen molar-refractivity contribution in [2.75, 3.05) is 0 Å². The molecule has 0 saturated heterocycles. The average Bonchev–Trinajstić information content (AvgIpc) is 2.45. The van der Waals surface area contributed by atoms with Gasteiger partial charge in [0.05, 0.1) is 5.02 Å². The highest BCUT2D eigenvalue weighted by atomic mass is 35.5. The van der Waals surface area contributed by atoms with Crippen molar-refractivity contribution in [1.29, 1.82) is 5.26 Å². The maximum Gasteiger partial charge on any atom is 0.159 e. The summed E-state index contributed by atoms with van der Waals surface area (Å²) in [6.45, 7) is 1.55. The molecule has 0 fully saturated rings. The van der Waals surface area contributed by atoms with Gasteiger partial charge in [-0.2, -0.15) is 5.26 Å². The Labute approximate surface area is 122 Å². The number of Topliss-reactive ketones (excluding diaryl/α,β-unsaturated/α-hetero) is 1. The Kier molecular flexibility index (Phi) is 4.49. The Morgan fingerprint density at radius 2 is 1.90 bits per heavy atom. The fraction of sp³-hybridized carbons (Fsp3) is 0.188. The van der Waals surface area contributed by atoms with E-state index in [1.54, 1.807) is 19.2 Å². The molecule has 1 aromatic carbocycles. The van der Waals surface area contributed by atoms with Gasteiger partial charge >= 0.3 is 0 Å². The number of ketones is 1. The first kappa shape index (κ1) is 14.2. The molecule has 1 heterocycles. The molecule has 0 radical (unpaired) electrons. The number of halogens is 1. The topological polar surface area (TPSA) is 53.8 Å². The van der Waals surface area contributed by atoms with Crippen LogP contribution in [0, 0.1) is 11.3 Å². The number of carbonyl (C=O) groups is 1. The van der Waals surface area contributed by atoms with Gasteiger partial charge in [-0.05, 0) is 37.0 Å². The number of carbonyl (C=O) groups excluding carboxylic acids is 1. The molecule has 2 aromatic rings. The molecular weight excluding hydrogens is 272 g/mol. The van der Waals surface area contributed by atoms with Gasteiger partial charge in [0, 0.05) is 11.8 Å². The quantitative estimate of drug-likeness (QED) is 0.806. The molecule has 20 heavy (non-hydrogen) atoms. The lowest BCUT2D eigenvalue weighted by Gasteiger charge is -2.04. The molecule has 0 saturated carbocycles. The minimum Gasteiger partial charge on any atom is -0.295 e. The van der Waals surface area contributed by atoms with Crippen molar-refractivity contribution in [2.24, 2.45) is 0 Å². The molecule has 0 spiro atoms. The smallest absolute Gasteiger partial charge is 0.159 e. The second-order valence-corrected chi connectivity index (χ2v) is 4.95. The van der Waals surface area contributed by atoms with Crippen LogP contribution in [-0.4, -0.2) is 10.8 Å². The fourth-order valence-electron chi connectivity index (χ4n) is 1.89. The highest BCUT2D eigenvalue weighted by molar-refractivity contribution is 6.31. The Morgan fingerprint density at radius 1 is 1.25 bits per heavy atom. The van der Waals surface area contributed by atoms with Gasteiger partial charge in [0.1, 0.15) is 6.07 Å². The van der Waals surface area contributed by atoms with E-state index < -0.39 is 0 Å². The third kappa shape index (κ3) is 3.43. The number of nitriles is 1. The molecule has 0 aliphatic carbocycles. The van der Waals surface area contributed by atoms with Gasteiger partial charge in [-0.1, -0.05) is 35.9 Å². The van der Waals surface area contributed by atoms with Gasteiger partial charge < -0.3 is 0 Å². The maximum absolute atomic E-state index is 11.2. The molecule has 3 nitrogen and oxygen atoms in total. The molecule has 0 atom stereocenters. The monoisotopic (exact) mass is 284 g/mol. The number of aryl methyl sites for hydroxylation is 2. The van der Waals surface area contributed by atoms with E-state index in [-0.39, 0.29) is 11.5 Å². The van der Waals surface area contributed by atoms with Crippen LogP contribution in [0.5, 0.6) is 0 Å². The molecule has 100 valence electrons. The summed E-state index contributed by atoms with van der Waals surface area (Å²) in [6.07, 6.45) is 3.30. The third-order valence-corrected chi connectivity index (χ3v) is 3.35. The summed E-state index contributed by atoms with van der Waals surface area (Å²) in [5.41, 5.74) is 3.11.